The summed E-state index contributed by atoms with van der Waals surface area (Å²) in [4.78, 5) is 45.3. The molecular weight excluding hydrogens is 448 g/mol. The minimum absolute atomic E-state index is 0.0192. The zero-order valence-electron chi connectivity index (χ0n) is 19.1. The number of hydrogen-bond donors (Lipinski definition) is 4. The Morgan fingerprint density at radius 2 is 1.82 bits per heavy atom. The van der Waals surface area contributed by atoms with Crippen molar-refractivity contribution >= 4 is 35.5 Å². The average Bonchev–Trinajstić information content (AvgIpc) is 3.23. The van der Waals surface area contributed by atoms with Crippen molar-refractivity contribution in [2.75, 3.05) is 39.8 Å². The van der Waals surface area contributed by atoms with Gasteiger partial charge in [-0.2, -0.15) is 0 Å². The lowest BCUT2D eigenvalue weighted by Crippen LogP contribution is -2.63. The van der Waals surface area contributed by atoms with Gasteiger partial charge in [-0.15, -0.1) is 11.8 Å². The van der Waals surface area contributed by atoms with Gasteiger partial charge in [0.2, 0.25) is 11.8 Å². The maximum absolute atomic E-state index is 13.2. The molecule has 12 heteroatoms. The van der Waals surface area contributed by atoms with Gasteiger partial charge < -0.3 is 30.6 Å². The van der Waals surface area contributed by atoms with Gasteiger partial charge >= 0.3 is 5.97 Å². The molecule has 3 saturated heterocycles. The van der Waals surface area contributed by atoms with E-state index in [1.165, 1.54) is 16.7 Å². The number of carboxylic acids is 1. The van der Waals surface area contributed by atoms with Gasteiger partial charge in [0.15, 0.2) is 5.96 Å². The first-order valence-corrected chi connectivity index (χ1v) is 12.1. The van der Waals surface area contributed by atoms with Crippen molar-refractivity contribution in [2.45, 2.75) is 43.7 Å². The number of nitrogens with zero attached hydrogens (tertiary/aromatic N) is 4. The molecule has 0 radical (unpaired) electrons. The number of likely N-dealkylation sites (N-methyl/N-ethyl adjacent to an activating group) is 1. The van der Waals surface area contributed by atoms with Crippen molar-refractivity contribution in [2.24, 2.45) is 17.6 Å². The Balaban J connectivity index is 1.44. The van der Waals surface area contributed by atoms with Crippen molar-refractivity contribution in [3.8, 4) is 0 Å². The predicted octanol–water partition coefficient (Wildman–Crippen LogP) is -1.02. The molecule has 5 unspecified atom stereocenters. The molecule has 4 aliphatic rings. The van der Waals surface area contributed by atoms with Crippen LogP contribution in [0.15, 0.2) is 10.6 Å². The summed E-state index contributed by atoms with van der Waals surface area (Å²) in [6, 6.07) is -0.624. The maximum Gasteiger partial charge on any atom is 0.353 e. The van der Waals surface area contributed by atoms with Crippen molar-refractivity contribution in [1.82, 2.24) is 19.6 Å². The lowest BCUT2D eigenvalue weighted by atomic mass is 9.79. The molecule has 0 aromatic heterocycles. The number of likely N-dealkylation sites (tertiary alicyclic amines) is 1. The zero-order chi connectivity index (χ0) is 24.2. The third-order valence-electron chi connectivity index (χ3n) is 7.33. The number of nitrogens with one attached hydrogen (secondary N) is 1. The molecule has 0 spiro atoms. The Morgan fingerprint density at radius 3 is 2.36 bits per heavy atom. The Bertz CT molecular complexity index is 902. The normalized spacial score (nSPS) is 33.3. The summed E-state index contributed by atoms with van der Waals surface area (Å²) in [6.45, 7) is 6.23. The number of piperazine rings is 1. The number of carbonyl (C=O) groups is 3. The maximum atomic E-state index is 13.2. The number of carboxylic acid groups (broad SMARTS) is 1. The zero-order valence-corrected chi connectivity index (χ0v) is 19.9. The van der Waals surface area contributed by atoms with Crippen molar-refractivity contribution in [1.29, 1.82) is 5.41 Å². The van der Waals surface area contributed by atoms with E-state index in [4.69, 9.17) is 11.1 Å². The van der Waals surface area contributed by atoms with Crippen LogP contribution in [0.5, 0.6) is 0 Å². The largest absolute Gasteiger partial charge is 0.477 e. The monoisotopic (exact) mass is 480 g/mol. The van der Waals surface area contributed by atoms with Crippen LogP contribution in [-0.2, 0) is 14.4 Å². The summed E-state index contributed by atoms with van der Waals surface area (Å²) in [5.74, 6) is -2.17. The van der Waals surface area contributed by atoms with Gasteiger partial charge in [-0.05, 0) is 20.4 Å². The molecule has 182 valence electrons. The number of nitrogens with two attached hydrogens (primary N) is 1. The molecule has 4 rings (SSSR count). The van der Waals surface area contributed by atoms with Crippen LogP contribution >= 0.6 is 11.8 Å². The number of aliphatic hydroxyl groups is 1. The van der Waals surface area contributed by atoms with Gasteiger partial charge in [0.1, 0.15) is 5.70 Å². The van der Waals surface area contributed by atoms with Crippen LogP contribution in [0.3, 0.4) is 0 Å². The summed E-state index contributed by atoms with van der Waals surface area (Å²) in [6.07, 6.45) is -0.238. The molecule has 2 amide bonds. The quantitative estimate of drug-likeness (QED) is 0.220. The lowest BCUT2D eigenvalue weighted by molar-refractivity contribution is -0.163. The summed E-state index contributed by atoms with van der Waals surface area (Å²) >= 11 is 1.46. The first-order valence-electron chi connectivity index (χ1n) is 11.3. The molecule has 0 bridgehead atoms. The number of aliphatic carboxylic acids is 1. The minimum atomic E-state index is -1.13. The highest BCUT2D eigenvalue weighted by Gasteiger charge is 2.60. The summed E-state index contributed by atoms with van der Waals surface area (Å²) in [5.41, 5.74) is 5.57. The Morgan fingerprint density at radius 1 is 1.21 bits per heavy atom. The first-order chi connectivity index (χ1) is 15.5. The van der Waals surface area contributed by atoms with E-state index in [1.54, 1.807) is 11.8 Å². The summed E-state index contributed by atoms with van der Waals surface area (Å²) < 4.78 is 0. The highest BCUT2D eigenvalue weighted by molar-refractivity contribution is 8.03. The summed E-state index contributed by atoms with van der Waals surface area (Å²) in [7, 11) is 1.90. The predicted molar refractivity (Wildman–Crippen MR) is 122 cm³/mol. The topological polar surface area (TPSA) is 154 Å². The van der Waals surface area contributed by atoms with E-state index in [0.717, 1.165) is 0 Å². The highest BCUT2D eigenvalue weighted by Crippen LogP contribution is 2.52. The van der Waals surface area contributed by atoms with E-state index in [9.17, 15) is 24.6 Å². The standard InChI is InChI=1S/C21H32N6O5S/c1-10-15-14(11(2)28)19(30)27(15)16(20(31)32)17(10)33-12-8-13(24(3)9-12)18(29)25-4-6-26(7-5-25)21(22)23/h10-15,28H,4-9H2,1-3H3,(H3,22,23)(H,31,32)/t10?,11?,12?,13?,14?,15-/m0/s1. The van der Waals surface area contributed by atoms with Crippen LogP contribution in [0.2, 0.25) is 0 Å². The molecule has 0 aromatic rings. The minimum Gasteiger partial charge on any atom is -0.477 e. The number of aliphatic hydroxyl groups excluding tert-OH is 1. The molecule has 0 saturated carbocycles. The van der Waals surface area contributed by atoms with E-state index in [0.29, 0.717) is 44.0 Å². The van der Waals surface area contributed by atoms with Gasteiger partial charge in [-0.3, -0.25) is 19.9 Å². The molecule has 33 heavy (non-hydrogen) atoms. The first kappa shape index (κ1) is 23.8. The van der Waals surface area contributed by atoms with Crippen molar-refractivity contribution < 1.29 is 24.6 Å². The molecule has 0 aromatic carbocycles. The Hall–Kier alpha value is -2.31. The Kier molecular flexibility index (Phi) is 6.36. The lowest BCUT2D eigenvalue weighted by Gasteiger charge is -2.46. The van der Waals surface area contributed by atoms with Crippen LogP contribution in [0.25, 0.3) is 0 Å². The van der Waals surface area contributed by atoms with E-state index >= 15 is 0 Å². The fourth-order valence-electron chi connectivity index (χ4n) is 5.56. The fraction of sp³-hybridized carbons (Fsp3) is 0.714. The number of fused-ring (bicyclic) bond motifs is 1. The number of amides is 2. The van der Waals surface area contributed by atoms with Crippen LogP contribution in [0.4, 0.5) is 0 Å². The third kappa shape index (κ3) is 3.97. The van der Waals surface area contributed by atoms with Gasteiger partial charge in [0.05, 0.1) is 24.1 Å². The highest BCUT2D eigenvalue weighted by atomic mass is 32.2. The molecule has 3 fully saturated rings. The second-order valence-corrected chi connectivity index (χ2v) is 10.7. The number of guanidine groups is 1. The summed E-state index contributed by atoms with van der Waals surface area (Å²) in [5, 5.41) is 27.4. The smallest absolute Gasteiger partial charge is 0.353 e. The van der Waals surface area contributed by atoms with Gasteiger partial charge in [-0.1, -0.05) is 6.92 Å². The number of carbonyl (C=O) groups excluding carboxylic acids is 2. The molecule has 6 atom stereocenters. The van der Waals surface area contributed by atoms with Crippen LogP contribution in [0, 0.1) is 17.2 Å². The van der Waals surface area contributed by atoms with E-state index in [1.807, 2.05) is 23.8 Å². The van der Waals surface area contributed by atoms with Gasteiger partial charge in [0.25, 0.3) is 0 Å². The van der Waals surface area contributed by atoms with Crippen LogP contribution in [0.1, 0.15) is 20.3 Å². The fourth-order valence-corrected chi connectivity index (χ4v) is 7.16. The molecule has 0 aliphatic carbocycles. The van der Waals surface area contributed by atoms with E-state index < -0.39 is 18.0 Å². The molecule has 5 N–H and O–H groups in total. The molecule has 4 heterocycles. The second-order valence-electron chi connectivity index (χ2n) is 9.40. The molecular formula is C21H32N6O5S. The molecule has 4 aliphatic heterocycles. The number of thioether (sulfide) groups is 1. The van der Waals surface area contributed by atoms with Gasteiger partial charge in [-0.25, -0.2) is 4.79 Å². The van der Waals surface area contributed by atoms with Crippen LogP contribution in [-0.4, -0.2) is 117 Å². The molecule has 11 nitrogen and oxygen atoms in total. The number of rotatable bonds is 5. The average molecular weight is 481 g/mol. The van der Waals surface area contributed by atoms with E-state index in [2.05, 4.69) is 0 Å². The Labute approximate surface area is 197 Å². The number of hydrogen-bond acceptors (Lipinski definition) is 7. The van der Waals surface area contributed by atoms with Crippen molar-refractivity contribution in [3.05, 3.63) is 10.6 Å². The van der Waals surface area contributed by atoms with Crippen LogP contribution < -0.4 is 5.73 Å². The number of β-lactam (4-membered cyclic amide) rings is 1. The van der Waals surface area contributed by atoms with E-state index in [-0.39, 0.29) is 46.7 Å². The SMILES string of the molecule is CC(O)C1C(=O)N2C(C(=O)O)=C(SC3CC(C(=O)N4CCN(C(=N)N)CC4)N(C)C3)C(C)[C@@H]12. The second kappa shape index (κ2) is 8.80. The van der Waals surface area contributed by atoms with Crippen molar-refractivity contribution in [3.63, 3.8) is 0 Å². The third-order valence-corrected chi connectivity index (χ3v) is 8.83. The van der Waals surface area contributed by atoms with Gasteiger partial charge in [0, 0.05) is 48.8 Å².